The van der Waals surface area contributed by atoms with Crippen LogP contribution in [0.4, 0.5) is 11.5 Å². The number of hydrogen-bond donors (Lipinski definition) is 2. The summed E-state index contributed by atoms with van der Waals surface area (Å²) in [5.41, 5.74) is 6.77. The van der Waals surface area contributed by atoms with Crippen molar-refractivity contribution in [3.63, 3.8) is 0 Å². The number of nitrogens with zero attached hydrogens (tertiary/aromatic N) is 2. The number of anilines is 1. The van der Waals surface area contributed by atoms with E-state index in [-0.39, 0.29) is 0 Å². The number of unbranched alkanes of at least 4 members (excludes halogenated alkanes) is 1. The zero-order valence-electron chi connectivity index (χ0n) is 9.33. The lowest BCUT2D eigenvalue weighted by Crippen LogP contribution is -2.10. The maximum atomic E-state index is 5.77. The van der Waals surface area contributed by atoms with E-state index in [1.54, 1.807) is 6.20 Å². The third-order valence-corrected chi connectivity index (χ3v) is 2.08. The van der Waals surface area contributed by atoms with Gasteiger partial charge in [0.25, 0.3) is 0 Å². The standard InChI is InChI=1S/C11H18N4/c1-3-4-5-10(12)15-11-8-9(13-2)6-7-14-11/h6-8H,3-5H2,1-2H3,(H3,12,13,14,15). The van der Waals surface area contributed by atoms with E-state index in [1.807, 2.05) is 19.2 Å². The lowest BCUT2D eigenvalue weighted by molar-refractivity contribution is 0.831. The van der Waals surface area contributed by atoms with Gasteiger partial charge in [-0.15, -0.1) is 0 Å². The van der Waals surface area contributed by atoms with Crippen LogP contribution in [-0.2, 0) is 0 Å². The van der Waals surface area contributed by atoms with Gasteiger partial charge in [-0.05, 0) is 12.5 Å². The Balaban J connectivity index is 2.69. The van der Waals surface area contributed by atoms with Crippen LogP contribution in [0, 0.1) is 0 Å². The largest absolute Gasteiger partial charge is 0.388 e. The Morgan fingerprint density at radius 1 is 1.60 bits per heavy atom. The van der Waals surface area contributed by atoms with Gasteiger partial charge in [0, 0.05) is 31.4 Å². The minimum absolute atomic E-state index is 0.651. The van der Waals surface area contributed by atoms with Crippen LogP contribution in [0.5, 0.6) is 0 Å². The van der Waals surface area contributed by atoms with E-state index in [0.717, 1.165) is 24.9 Å². The summed E-state index contributed by atoms with van der Waals surface area (Å²) in [7, 11) is 1.86. The average molecular weight is 206 g/mol. The Morgan fingerprint density at radius 3 is 3.07 bits per heavy atom. The maximum Gasteiger partial charge on any atom is 0.155 e. The highest BCUT2D eigenvalue weighted by atomic mass is 15.0. The Bertz CT molecular complexity index is 333. The molecule has 0 fully saturated rings. The van der Waals surface area contributed by atoms with Crippen molar-refractivity contribution < 1.29 is 0 Å². The molecule has 3 N–H and O–H groups in total. The Labute approximate surface area is 90.6 Å². The molecule has 1 aromatic heterocycles. The summed E-state index contributed by atoms with van der Waals surface area (Å²) in [4.78, 5) is 8.38. The maximum absolute atomic E-state index is 5.77. The quantitative estimate of drug-likeness (QED) is 0.574. The molecule has 0 aliphatic heterocycles. The van der Waals surface area contributed by atoms with Crippen molar-refractivity contribution in [2.75, 3.05) is 12.4 Å². The SMILES string of the molecule is CCCCC(N)=Nc1cc(NC)ccn1. The highest BCUT2D eigenvalue weighted by molar-refractivity contribution is 5.82. The van der Waals surface area contributed by atoms with E-state index in [2.05, 4.69) is 22.2 Å². The molecule has 0 radical (unpaired) electrons. The first-order chi connectivity index (χ1) is 7.26. The van der Waals surface area contributed by atoms with Gasteiger partial charge in [0.05, 0.1) is 0 Å². The van der Waals surface area contributed by atoms with E-state index < -0.39 is 0 Å². The molecule has 1 aromatic rings. The van der Waals surface area contributed by atoms with Gasteiger partial charge in [-0.25, -0.2) is 9.98 Å². The molecule has 0 aliphatic rings. The summed E-state index contributed by atoms with van der Waals surface area (Å²) in [6, 6.07) is 3.76. The first-order valence-electron chi connectivity index (χ1n) is 5.23. The summed E-state index contributed by atoms with van der Waals surface area (Å²) >= 11 is 0. The molecule has 0 aliphatic carbocycles. The average Bonchev–Trinajstić information content (AvgIpc) is 2.26. The predicted molar refractivity (Wildman–Crippen MR) is 64.6 cm³/mol. The van der Waals surface area contributed by atoms with Gasteiger partial charge in [-0.3, -0.25) is 0 Å². The molecule has 15 heavy (non-hydrogen) atoms. The van der Waals surface area contributed by atoms with E-state index in [0.29, 0.717) is 11.7 Å². The molecule has 1 heterocycles. The van der Waals surface area contributed by atoms with Crippen molar-refractivity contribution in [1.82, 2.24) is 4.98 Å². The summed E-state index contributed by atoms with van der Waals surface area (Å²) < 4.78 is 0. The van der Waals surface area contributed by atoms with Crippen molar-refractivity contribution in [2.24, 2.45) is 10.7 Å². The number of nitrogens with one attached hydrogen (secondary N) is 1. The number of nitrogens with two attached hydrogens (primary N) is 1. The van der Waals surface area contributed by atoms with Gasteiger partial charge in [-0.1, -0.05) is 13.3 Å². The monoisotopic (exact) mass is 206 g/mol. The molecule has 0 atom stereocenters. The first kappa shape index (κ1) is 11.5. The van der Waals surface area contributed by atoms with Gasteiger partial charge in [0.15, 0.2) is 5.82 Å². The van der Waals surface area contributed by atoms with Crippen LogP contribution in [0.15, 0.2) is 23.3 Å². The van der Waals surface area contributed by atoms with Gasteiger partial charge >= 0.3 is 0 Å². The second-order valence-electron chi connectivity index (χ2n) is 3.36. The normalized spacial score (nSPS) is 11.5. The molecular weight excluding hydrogens is 188 g/mol. The topological polar surface area (TPSA) is 63.3 Å². The molecule has 82 valence electrons. The zero-order chi connectivity index (χ0) is 11.1. The molecule has 1 rings (SSSR count). The first-order valence-corrected chi connectivity index (χ1v) is 5.23. The minimum atomic E-state index is 0.651. The third-order valence-electron chi connectivity index (χ3n) is 2.08. The van der Waals surface area contributed by atoms with Crippen LogP contribution < -0.4 is 11.1 Å². The Morgan fingerprint density at radius 2 is 2.40 bits per heavy atom. The number of pyridine rings is 1. The predicted octanol–water partition coefficient (Wildman–Crippen LogP) is 2.30. The van der Waals surface area contributed by atoms with Gasteiger partial charge < -0.3 is 11.1 Å². The van der Waals surface area contributed by atoms with Crippen molar-refractivity contribution in [3.8, 4) is 0 Å². The van der Waals surface area contributed by atoms with Crippen molar-refractivity contribution in [1.29, 1.82) is 0 Å². The van der Waals surface area contributed by atoms with Crippen molar-refractivity contribution in [2.45, 2.75) is 26.2 Å². The molecule has 0 saturated heterocycles. The van der Waals surface area contributed by atoms with Gasteiger partial charge in [0.1, 0.15) is 5.84 Å². The fourth-order valence-electron chi connectivity index (χ4n) is 1.20. The summed E-state index contributed by atoms with van der Waals surface area (Å²) in [5.74, 6) is 1.31. The lowest BCUT2D eigenvalue weighted by Gasteiger charge is -2.01. The van der Waals surface area contributed by atoms with Crippen LogP contribution in [0.2, 0.25) is 0 Å². The van der Waals surface area contributed by atoms with Crippen LogP contribution >= 0.6 is 0 Å². The highest BCUT2D eigenvalue weighted by Gasteiger charge is 1.96. The molecule has 0 spiro atoms. The fourth-order valence-corrected chi connectivity index (χ4v) is 1.20. The van der Waals surface area contributed by atoms with Crippen LogP contribution in [0.25, 0.3) is 0 Å². The fraction of sp³-hybridized carbons (Fsp3) is 0.455. The molecule has 0 bridgehead atoms. The van der Waals surface area contributed by atoms with Crippen LogP contribution in [0.1, 0.15) is 26.2 Å². The van der Waals surface area contributed by atoms with E-state index >= 15 is 0 Å². The summed E-state index contributed by atoms with van der Waals surface area (Å²) in [6.45, 7) is 2.13. The Kier molecular flexibility index (Phi) is 4.60. The molecule has 0 aromatic carbocycles. The van der Waals surface area contributed by atoms with E-state index in [4.69, 9.17) is 5.73 Å². The lowest BCUT2D eigenvalue weighted by atomic mass is 10.2. The molecular formula is C11H18N4. The van der Waals surface area contributed by atoms with Crippen LogP contribution in [0.3, 0.4) is 0 Å². The molecule has 0 amide bonds. The minimum Gasteiger partial charge on any atom is -0.388 e. The van der Waals surface area contributed by atoms with Gasteiger partial charge in [-0.2, -0.15) is 0 Å². The smallest absolute Gasteiger partial charge is 0.155 e. The summed E-state index contributed by atoms with van der Waals surface area (Å²) in [5, 5.41) is 3.03. The summed E-state index contributed by atoms with van der Waals surface area (Å²) in [6.07, 6.45) is 4.75. The second-order valence-corrected chi connectivity index (χ2v) is 3.36. The van der Waals surface area contributed by atoms with E-state index in [1.165, 1.54) is 0 Å². The number of rotatable bonds is 5. The highest BCUT2D eigenvalue weighted by Crippen LogP contribution is 2.14. The number of aromatic nitrogens is 1. The molecule has 4 heteroatoms. The number of aliphatic imine (C=N–C) groups is 1. The second kappa shape index (κ2) is 6.01. The number of amidine groups is 1. The van der Waals surface area contributed by atoms with Gasteiger partial charge in [0.2, 0.25) is 0 Å². The third kappa shape index (κ3) is 3.97. The number of hydrogen-bond acceptors (Lipinski definition) is 3. The Hall–Kier alpha value is -1.58. The van der Waals surface area contributed by atoms with Crippen molar-refractivity contribution >= 4 is 17.3 Å². The van der Waals surface area contributed by atoms with Crippen LogP contribution in [-0.4, -0.2) is 17.9 Å². The van der Waals surface area contributed by atoms with Crippen molar-refractivity contribution in [3.05, 3.63) is 18.3 Å². The van der Waals surface area contributed by atoms with E-state index in [9.17, 15) is 0 Å². The molecule has 0 unspecified atom stereocenters. The molecule has 4 nitrogen and oxygen atoms in total. The zero-order valence-corrected chi connectivity index (χ0v) is 9.33. The molecule has 0 saturated carbocycles.